The summed E-state index contributed by atoms with van der Waals surface area (Å²) < 4.78 is 6.03. The Kier molecular flexibility index (Phi) is 6.87. The Labute approximate surface area is 185 Å². The highest BCUT2D eigenvalue weighted by molar-refractivity contribution is 6.35. The summed E-state index contributed by atoms with van der Waals surface area (Å²) in [4.78, 5) is 0. The van der Waals surface area contributed by atoms with Gasteiger partial charge in [0.05, 0.1) is 11.6 Å². The molecule has 0 aliphatic carbocycles. The molecule has 0 aromatic heterocycles. The van der Waals surface area contributed by atoms with Gasteiger partial charge in [-0.05, 0) is 78.6 Å². The molecule has 0 radical (unpaired) electrons. The fraction of sp³-hybridized carbons (Fsp3) is 0.125. The van der Waals surface area contributed by atoms with Crippen LogP contribution in [0.1, 0.15) is 27.8 Å². The summed E-state index contributed by atoms with van der Waals surface area (Å²) in [6, 6.07) is 18.9. The van der Waals surface area contributed by atoms with E-state index in [2.05, 4.69) is 6.07 Å². The molecule has 0 aliphatic rings. The SMILES string of the molecule is Cc1cc(/C=C(\C#N)c2cccc(Cl)c2)cc(C)c1OCc1ccc(Cl)cc1Cl. The first-order valence-corrected chi connectivity index (χ1v) is 10.1. The van der Waals surface area contributed by atoms with Crippen molar-refractivity contribution in [3.8, 4) is 11.8 Å². The first-order chi connectivity index (χ1) is 13.9. The van der Waals surface area contributed by atoms with Gasteiger partial charge >= 0.3 is 0 Å². The van der Waals surface area contributed by atoms with Crippen LogP contribution in [0.3, 0.4) is 0 Å². The molecule has 0 heterocycles. The Hall–Kier alpha value is -2.44. The number of hydrogen-bond donors (Lipinski definition) is 0. The number of hydrogen-bond acceptors (Lipinski definition) is 2. The number of nitrogens with zero attached hydrogens (tertiary/aromatic N) is 1. The van der Waals surface area contributed by atoms with Gasteiger partial charge in [0.2, 0.25) is 0 Å². The zero-order valence-electron chi connectivity index (χ0n) is 16.0. The zero-order valence-corrected chi connectivity index (χ0v) is 18.2. The molecule has 0 saturated carbocycles. The molecule has 0 aliphatic heterocycles. The van der Waals surface area contributed by atoms with Crippen molar-refractivity contribution in [1.82, 2.24) is 0 Å². The molecule has 0 atom stereocenters. The fourth-order valence-corrected chi connectivity index (χ4v) is 3.74. The number of benzene rings is 3. The van der Waals surface area contributed by atoms with Gasteiger partial charge in [0.1, 0.15) is 12.4 Å². The van der Waals surface area contributed by atoms with Gasteiger partial charge in [0.15, 0.2) is 0 Å². The van der Waals surface area contributed by atoms with Crippen LogP contribution in [0, 0.1) is 25.2 Å². The van der Waals surface area contributed by atoms with Crippen molar-refractivity contribution >= 4 is 46.5 Å². The summed E-state index contributed by atoms with van der Waals surface area (Å²) in [5.74, 6) is 0.800. The Morgan fingerprint density at radius 2 is 1.66 bits per heavy atom. The van der Waals surface area contributed by atoms with Gasteiger partial charge in [-0.3, -0.25) is 0 Å². The van der Waals surface area contributed by atoms with Gasteiger partial charge in [-0.25, -0.2) is 0 Å². The number of rotatable bonds is 5. The van der Waals surface area contributed by atoms with E-state index in [0.29, 0.717) is 27.2 Å². The van der Waals surface area contributed by atoms with Crippen LogP contribution in [-0.2, 0) is 6.61 Å². The standard InChI is InChI=1S/C24H18Cl3NO/c1-15-8-17(10-20(13-28)18-4-3-5-21(25)11-18)9-16(2)24(15)29-14-19-6-7-22(26)12-23(19)27/h3-12H,14H2,1-2H3/b20-10+. The molecule has 0 saturated heterocycles. The summed E-state index contributed by atoms with van der Waals surface area (Å²) in [5.41, 5.74) is 5.08. The molecule has 0 bridgehead atoms. The number of ether oxygens (including phenoxy) is 1. The molecule has 5 heteroatoms. The van der Waals surface area contributed by atoms with E-state index in [-0.39, 0.29) is 0 Å². The normalized spacial score (nSPS) is 11.2. The second-order valence-corrected chi connectivity index (χ2v) is 7.97. The first kappa shape index (κ1) is 21.3. The Morgan fingerprint density at radius 3 is 2.28 bits per heavy atom. The van der Waals surface area contributed by atoms with Gasteiger partial charge in [-0.15, -0.1) is 0 Å². The van der Waals surface area contributed by atoms with Crippen molar-refractivity contribution in [2.75, 3.05) is 0 Å². The summed E-state index contributed by atoms with van der Waals surface area (Å²) in [7, 11) is 0. The minimum atomic E-state index is 0.346. The lowest BCUT2D eigenvalue weighted by Crippen LogP contribution is -2.00. The molecule has 0 unspecified atom stereocenters. The largest absolute Gasteiger partial charge is 0.488 e. The van der Waals surface area contributed by atoms with Crippen molar-refractivity contribution in [2.24, 2.45) is 0 Å². The lowest BCUT2D eigenvalue weighted by molar-refractivity contribution is 0.302. The third-order valence-corrected chi connectivity index (χ3v) is 5.26. The Balaban J connectivity index is 1.86. The molecular formula is C24H18Cl3NO. The molecule has 3 aromatic carbocycles. The quantitative estimate of drug-likeness (QED) is 0.297. The molecule has 0 spiro atoms. The van der Waals surface area contributed by atoms with Crippen molar-refractivity contribution < 1.29 is 4.74 Å². The van der Waals surface area contributed by atoms with Crippen LogP contribution in [0.5, 0.6) is 5.75 Å². The molecule has 146 valence electrons. The minimum absolute atomic E-state index is 0.346. The van der Waals surface area contributed by atoms with Gasteiger partial charge in [-0.2, -0.15) is 5.26 Å². The Morgan fingerprint density at radius 1 is 0.966 bits per heavy atom. The number of allylic oxidation sites excluding steroid dienone is 1. The smallest absolute Gasteiger partial charge is 0.125 e. The van der Waals surface area contributed by atoms with E-state index in [1.165, 1.54) is 0 Å². The molecule has 2 nitrogen and oxygen atoms in total. The topological polar surface area (TPSA) is 33.0 Å². The van der Waals surface area contributed by atoms with E-state index >= 15 is 0 Å². The second kappa shape index (κ2) is 9.37. The second-order valence-electron chi connectivity index (χ2n) is 6.69. The van der Waals surface area contributed by atoms with Crippen LogP contribution < -0.4 is 4.74 Å². The predicted molar refractivity (Wildman–Crippen MR) is 122 cm³/mol. The van der Waals surface area contributed by atoms with Crippen molar-refractivity contribution in [2.45, 2.75) is 20.5 Å². The van der Waals surface area contributed by atoms with E-state index in [4.69, 9.17) is 39.5 Å². The highest BCUT2D eigenvalue weighted by atomic mass is 35.5. The van der Waals surface area contributed by atoms with Crippen LogP contribution in [-0.4, -0.2) is 0 Å². The average Bonchev–Trinajstić information content (AvgIpc) is 2.67. The summed E-state index contributed by atoms with van der Waals surface area (Å²) in [6.07, 6.45) is 1.85. The van der Waals surface area contributed by atoms with Crippen LogP contribution in [0.2, 0.25) is 15.1 Å². The lowest BCUT2D eigenvalue weighted by atomic mass is 10.0. The highest BCUT2D eigenvalue weighted by Crippen LogP contribution is 2.29. The fourth-order valence-electron chi connectivity index (χ4n) is 3.09. The highest BCUT2D eigenvalue weighted by Gasteiger charge is 2.09. The third-order valence-electron chi connectivity index (χ3n) is 4.44. The summed E-state index contributed by atoms with van der Waals surface area (Å²) in [6.45, 7) is 4.31. The maximum absolute atomic E-state index is 9.57. The van der Waals surface area contributed by atoms with E-state index < -0.39 is 0 Å². The number of nitriles is 1. The van der Waals surface area contributed by atoms with Crippen molar-refractivity contribution in [3.05, 3.63) is 97.5 Å². The van der Waals surface area contributed by atoms with E-state index in [1.807, 2.05) is 50.3 Å². The molecule has 0 fully saturated rings. The summed E-state index contributed by atoms with van der Waals surface area (Å²) in [5, 5.41) is 11.3. The van der Waals surface area contributed by atoms with Crippen LogP contribution in [0.25, 0.3) is 11.6 Å². The monoisotopic (exact) mass is 441 g/mol. The van der Waals surface area contributed by atoms with Gasteiger partial charge in [0.25, 0.3) is 0 Å². The lowest BCUT2D eigenvalue weighted by Gasteiger charge is -2.14. The molecular weight excluding hydrogens is 425 g/mol. The van der Waals surface area contributed by atoms with Gasteiger partial charge in [0, 0.05) is 20.6 Å². The predicted octanol–water partition coefficient (Wildman–Crippen LogP) is 7.91. The van der Waals surface area contributed by atoms with Gasteiger partial charge < -0.3 is 4.74 Å². The average molecular weight is 443 g/mol. The van der Waals surface area contributed by atoms with Crippen molar-refractivity contribution in [3.63, 3.8) is 0 Å². The van der Waals surface area contributed by atoms with Crippen LogP contribution in [0.4, 0.5) is 0 Å². The number of halogens is 3. The van der Waals surface area contributed by atoms with E-state index in [1.54, 1.807) is 24.3 Å². The van der Waals surface area contributed by atoms with Gasteiger partial charge in [-0.1, -0.05) is 53.0 Å². The molecule has 29 heavy (non-hydrogen) atoms. The molecule has 0 amide bonds. The maximum atomic E-state index is 9.57. The van der Waals surface area contributed by atoms with E-state index in [0.717, 1.165) is 33.6 Å². The van der Waals surface area contributed by atoms with Crippen molar-refractivity contribution in [1.29, 1.82) is 5.26 Å². The number of aryl methyl sites for hydroxylation is 2. The Bertz CT molecular complexity index is 1110. The van der Waals surface area contributed by atoms with Crippen LogP contribution in [0.15, 0.2) is 54.6 Å². The van der Waals surface area contributed by atoms with E-state index in [9.17, 15) is 5.26 Å². The van der Waals surface area contributed by atoms with Crippen LogP contribution >= 0.6 is 34.8 Å². The molecule has 3 aromatic rings. The zero-order chi connectivity index (χ0) is 21.0. The third kappa shape index (κ3) is 5.34. The maximum Gasteiger partial charge on any atom is 0.125 e. The molecule has 0 N–H and O–H groups in total. The molecule has 3 rings (SSSR count). The first-order valence-electron chi connectivity index (χ1n) is 8.93. The minimum Gasteiger partial charge on any atom is -0.488 e. The summed E-state index contributed by atoms with van der Waals surface area (Å²) >= 11 is 18.2.